The van der Waals surface area contributed by atoms with Gasteiger partial charge in [-0.2, -0.15) is 0 Å². The molecule has 1 aliphatic rings. The zero-order chi connectivity index (χ0) is 10.8. The third kappa shape index (κ3) is 2.28. The fourth-order valence-corrected chi connectivity index (χ4v) is 2.21. The summed E-state index contributed by atoms with van der Waals surface area (Å²) in [6.45, 7) is 7.73. The molecule has 1 aliphatic heterocycles. The molecule has 0 N–H and O–H groups in total. The van der Waals surface area contributed by atoms with Gasteiger partial charge in [0.1, 0.15) is 12.1 Å². The van der Waals surface area contributed by atoms with E-state index in [1.807, 2.05) is 6.92 Å². The first kappa shape index (κ1) is 10.4. The average molecular weight is 205 g/mol. The molecule has 0 amide bonds. The van der Waals surface area contributed by atoms with Crippen LogP contribution >= 0.6 is 0 Å². The van der Waals surface area contributed by atoms with Crippen LogP contribution in [0.2, 0.25) is 0 Å². The standard InChI is InChI=1S/C12H19N3/c1-9-4-5-11(3)15(7-9)12-6-10(2)13-8-14-12/h6,8-9,11H,4-5,7H2,1-3H3. The molecular weight excluding hydrogens is 186 g/mol. The van der Waals surface area contributed by atoms with E-state index >= 15 is 0 Å². The SMILES string of the molecule is Cc1cc(N2CC(C)CCC2C)ncn1. The number of aromatic nitrogens is 2. The van der Waals surface area contributed by atoms with Crippen LogP contribution < -0.4 is 4.90 Å². The van der Waals surface area contributed by atoms with Crippen LogP contribution in [0, 0.1) is 12.8 Å². The van der Waals surface area contributed by atoms with E-state index < -0.39 is 0 Å². The van der Waals surface area contributed by atoms with Crippen LogP contribution in [-0.2, 0) is 0 Å². The van der Waals surface area contributed by atoms with Crippen LogP contribution in [0.4, 0.5) is 5.82 Å². The van der Waals surface area contributed by atoms with Gasteiger partial charge in [-0.25, -0.2) is 9.97 Å². The Morgan fingerprint density at radius 3 is 2.80 bits per heavy atom. The number of nitrogens with zero attached hydrogens (tertiary/aromatic N) is 3. The highest BCUT2D eigenvalue weighted by Crippen LogP contribution is 2.25. The normalized spacial score (nSPS) is 26.7. The van der Waals surface area contributed by atoms with Gasteiger partial charge in [-0.1, -0.05) is 6.92 Å². The Morgan fingerprint density at radius 1 is 1.27 bits per heavy atom. The van der Waals surface area contributed by atoms with E-state index in [1.165, 1.54) is 12.8 Å². The summed E-state index contributed by atoms with van der Waals surface area (Å²) in [5.74, 6) is 1.86. The zero-order valence-electron chi connectivity index (χ0n) is 9.77. The molecule has 3 nitrogen and oxygen atoms in total. The lowest BCUT2D eigenvalue weighted by Gasteiger charge is -2.37. The molecular formula is C12H19N3. The third-order valence-corrected chi connectivity index (χ3v) is 3.20. The molecule has 0 aliphatic carbocycles. The largest absolute Gasteiger partial charge is 0.354 e. The summed E-state index contributed by atoms with van der Waals surface area (Å²) in [6, 6.07) is 2.68. The van der Waals surface area contributed by atoms with Crippen LogP contribution in [0.15, 0.2) is 12.4 Å². The number of hydrogen-bond donors (Lipinski definition) is 0. The number of hydrogen-bond acceptors (Lipinski definition) is 3. The predicted molar refractivity (Wildman–Crippen MR) is 62.0 cm³/mol. The second kappa shape index (κ2) is 4.17. The minimum atomic E-state index is 0.607. The Labute approximate surface area is 91.5 Å². The van der Waals surface area contributed by atoms with E-state index in [4.69, 9.17) is 0 Å². The molecule has 0 radical (unpaired) electrons. The van der Waals surface area contributed by atoms with Gasteiger partial charge in [0, 0.05) is 24.3 Å². The number of aryl methyl sites for hydroxylation is 1. The Bertz CT molecular complexity index is 337. The number of anilines is 1. The molecule has 2 unspecified atom stereocenters. The van der Waals surface area contributed by atoms with Crippen molar-refractivity contribution in [1.29, 1.82) is 0 Å². The highest BCUT2D eigenvalue weighted by molar-refractivity contribution is 5.40. The quantitative estimate of drug-likeness (QED) is 0.705. The van der Waals surface area contributed by atoms with Gasteiger partial charge < -0.3 is 4.90 Å². The van der Waals surface area contributed by atoms with E-state index in [9.17, 15) is 0 Å². The summed E-state index contributed by atoms with van der Waals surface area (Å²) in [5.41, 5.74) is 1.05. The fraction of sp³-hybridized carbons (Fsp3) is 0.667. The van der Waals surface area contributed by atoms with Gasteiger partial charge in [0.25, 0.3) is 0 Å². The molecule has 0 spiro atoms. The van der Waals surface area contributed by atoms with E-state index in [1.54, 1.807) is 6.33 Å². The van der Waals surface area contributed by atoms with Crippen molar-refractivity contribution in [2.24, 2.45) is 5.92 Å². The van der Waals surface area contributed by atoms with Crippen LogP contribution in [0.1, 0.15) is 32.4 Å². The molecule has 0 aromatic carbocycles. The Kier molecular flexibility index (Phi) is 2.89. The molecule has 1 aromatic heterocycles. The van der Waals surface area contributed by atoms with Crippen molar-refractivity contribution in [1.82, 2.24) is 9.97 Å². The van der Waals surface area contributed by atoms with Crippen LogP contribution in [0.25, 0.3) is 0 Å². The Balaban J connectivity index is 2.21. The molecule has 0 bridgehead atoms. The molecule has 3 heteroatoms. The molecule has 15 heavy (non-hydrogen) atoms. The zero-order valence-corrected chi connectivity index (χ0v) is 9.77. The van der Waals surface area contributed by atoms with Crippen molar-refractivity contribution in [2.45, 2.75) is 39.7 Å². The van der Waals surface area contributed by atoms with Gasteiger partial charge in [0.2, 0.25) is 0 Å². The summed E-state index contributed by atoms with van der Waals surface area (Å²) in [6.07, 6.45) is 4.27. The lowest BCUT2D eigenvalue weighted by Crippen LogP contribution is -2.41. The van der Waals surface area contributed by atoms with E-state index in [-0.39, 0.29) is 0 Å². The molecule has 0 saturated carbocycles. The highest BCUT2D eigenvalue weighted by Gasteiger charge is 2.23. The molecule has 1 saturated heterocycles. The molecule has 82 valence electrons. The van der Waals surface area contributed by atoms with Crippen LogP contribution in [-0.4, -0.2) is 22.6 Å². The lowest BCUT2D eigenvalue weighted by molar-refractivity contribution is 0.388. The first-order valence-electron chi connectivity index (χ1n) is 5.72. The van der Waals surface area contributed by atoms with Crippen molar-refractivity contribution in [2.75, 3.05) is 11.4 Å². The summed E-state index contributed by atoms with van der Waals surface area (Å²) >= 11 is 0. The van der Waals surface area contributed by atoms with Crippen molar-refractivity contribution < 1.29 is 0 Å². The third-order valence-electron chi connectivity index (χ3n) is 3.20. The molecule has 1 aromatic rings. The van der Waals surface area contributed by atoms with Crippen molar-refractivity contribution in [3.8, 4) is 0 Å². The molecule has 2 heterocycles. The smallest absolute Gasteiger partial charge is 0.132 e. The van der Waals surface area contributed by atoms with E-state index in [0.29, 0.717) is 6.04 Å². The van der Waals surface area contributed by atoms with Gasteiger partial charge in [-0.15, -0.1) is 0 Å². The van der Waals surface area contributed by atoms with Gasteiger partial charge in [0.05, 0.1) is 0 Å². The maximum atomic E-state index is 4.36. The minimum absolute atomic E-state index is 0.607. The maximum Gasteiger partial charge on any atom is 0.132 e. The van der Waals surface area contributed by atoms with Gasteiger partial charge in [0.15, 0.2) is 0 Å². The average Bonchev–Trinajstić information content (AvgIpc) is 2.22. The van der Waals surface area contributed by atoms with Crippen molar-refractivity contribution in [3.63, 3.8) is 0 Å². The van der Waals surface area contributed by atoms with Crippen molar-refractivity contribution in [3.05, 3.63) is 18.1 Å². The van der Waals surface area contributed by atoms with Crippen molar-refractivity contribution >= 4 is 5.82 Å². The summed E-state index contributed by atoms with van der Waals surface area (Å²) in [7, 11) is 0. The minimum Gasteiger partial charge on any atom is -0.354 e. The number of piperidine rings is 1. The first-order valence-corrected chi connectivity index (χ1v) is 5.72. The van der Waals surface area contributed by atoms with Crippen LogP contribution in [0.5, 0.6) is 0 Å². The molecule has 2 rings (SSSR count). The Hall–Kier alpha value is -1.12. The van der Waals surface area contributed by atoms with Gasteiger partial charge >= 0.3 is 0 Å². The van der Waals surface area contributed by atoms with E-state index in [0.717, 1.165) is 24.0 Å². The summed E-state index contributed by atoms with van der Waals surface area (Å²) in [4.78, 5) is 10.9. The fourth-order valence-electron chi connectivity index (χ4n) is 2.21. The topological polar surface area (TPSA) is 29.0 Å². The van der Waals surface area contributed by atoms with Gasteiger partial charge in [-0.05, 0) is 32.6 Å². The molecule has 1 fully saturated rings. The second-order valence-corrected chi connectivity index (χ2v) is 4.70. The Morgan fingerprint density at radius 2 is 2.07 bits per heavy atom. The predicted octanol–water partition coefficient (Wildman–Crippen LogP) is 2.41. The summed E-state index contributed by atoms with van der Waals surface area (Å²) in [5, 5.41) is 0. The monoisotopic (exact) mass is 205 g/mol. The van der Waals surface area contributed by atoms with Crippen LogP contribution in [0.3, 0.4) is 0 Å². The molecule has 2 atom stereocenters. The summed E-state index contributed by atoms with van der Waals surface area (Å²) < 4.78 is 0. The maximum absolute atomic E-state index is 4.36. The van der Waals surface area contributed by atoms with Gasteiger partial charge in [-0.3, -0.25) is 0 Å². The number of rotatable bonds is 1. The lowest BCUT2D eigenvalue weighted by atomic mass is 9.95. The highest BCUT2D eigenvalue weighted by atomic mass is 15.2. The second-order valence-electron chi connectivity index (χ2n) is 4.70. The van der Waals surface area contributed by atoms with E-state index in [2.05, 4.69) is 34.8 Å². The first-order chi connectivity index (χ1) is 7.16.